The van der Waals surface area contributed by atoms with Crippen molar-refractivity contribution in [2.75, 3.05) is 6.61 Å². The van der Waals surface area contributed by atoms with Gasteiger partial charge in [-0.3, -0.25) is 9.78 Å². The van der Waals surface area contributed by atoms with Crippen LogP contribution < -0.4 is 10.2 Å². The van der Waals surface area contributed by atoms with E-state index in [1.54, 1.807) is 31.3 Å². The van der Waals surface area contributed by atoms with Crippen LogP contribution in [0.4, 0.5) is 0 Å². The van der Waals surface area contributed by atoms with Gasteiger partial charge in [0.25, 0.3) is 0 Å². The number of ether oxygens (including phenoxy) is 2. The van der Waals surface area contributed by atoms with E-state index in [2.05, 4.69) is 4.98 Å². The summed E-state index contributed by atoms with van der Waals surface area (Å²) >= 11 is 0. The first kappa shape index (κ1) is 20.5. The summed E-state index contributed by atoms with van der Waals surface area (Å²) in [4.78, 5) is 17.2. The van der Waals surface area contributed by atoms with Crippen LogP contribution in [0.1, 0.15) is 5.76 Å². The number of nitrogens with zero attached hydrogens (tertiary/aromatic N) is 1. The number of benzene rings is 1. The number of fused-ring (bicyclic) bond motifs is 1. The zero-order valence-electron chi connectivity index (χ0n) is 16.0. The van der Waals surface area contributed by atoms with Crippen LogP contribution in [0.2, 0.25) is 0 Å². The van der Waals surface area contributed by atoms with Crippen LogP contribution in [0.25, 0.3) is 22.2 Å². The minimum atomic E-state index is -1.55. The Labute approximate surface area is 170 Å². The molecule has 158 valence electrons. The molecule has 0 amide bonds. The predicted octanol–water partition coefficient (Wildman–Crippen LogP) is 0.342. The highest BCUT2D eigenvalue weighted by atomic mass is 16.7. The van der Waals surface area contributed by atoms with Crippen LogP contribution >= 0.6 is 0 Å². The minimum absolute atomic E-state index is 0.208. The van der Waals surface area contributed by atoms with Gasteiger partial charge in [0, 0.05) is 12.3 Å². The van der Waals surface area contributed by atoms with Crippen molar-refractivity contribution in [3.63, 3.8) is 0 Å². The first-order valence-electron chi connectivity index (χ1n) is 9.36. The van der Waals surface area contributed by atoms with Gasteiger partial charge in [-0.15, -0.1) is 0 Å². The fourth-order valence-electron chi connectivity index (χ4n) is 3.46. The van der Waals surface area contributed by atoms with Crippen molar-refractivity contribution in [3.8, 4) is 17.0 Å². The average Bonchev–Trinajstić information content (AvgIpc) is 2.74. The predicted molar refractivity (Wildman–Crippen MR) is 105 cm³/mol. The van der Waals surface area contributed by atoms with Gasteiger partial charge < -0.3 is 34.3 Å². The standard InChI is InChI=1S/C21H21NO8/c1-10-16(13-4-2-3-7-22-13)17(24)12-6-5-11(8-14(12)28-10)29-21-20(27)19(26)18(25)15(9-23)30-21/h2-8,15,18-21,23,25-27H,9H2,1H3/t15-,18+,19+,20+,21+/m0/s1. The van der Waals surface area contributed by atoms with Crippen molar-refractivity contribution < 1.29 is 34.3 Å². The summed E-state index contributed by atoms with van der Waals surface area (Å²) in [7, 11) is 0. The van der Waals surface area contributed by atoms with Crippen molar-refractivity contribution in [3.05, 3.63) is 58.6 Å². The van der Waals surface area contributed by atoms with Gasteiger partial charge in [-0.05, 0) is 31.2 Å². The van der Waals surface area contributed by atoms with Crippen molar-refractivity contribution in [1.29, 1.82) is 0 Å². The maximum absolute atomic E-state index is 13.0. The molecule has 9 heteroatoms. The molecular weight excluding hydrogens is 394 g/mol. The molecule has 4 rings (SSSR count). The molecule has 1 aliphatic rings. The molecule has 5 atom stereocenters. The van der Waals surface area contributed by atoms with Gasteiger partial charge in [0.2, 0.25) is 11.7 Å². The van der Waals surface area contributed by atoms with E-state index in [-0.39, 0.29) is 16.8 Å². The lowest BCUT2D eigenvalue weighted by atomic mass is 9.99. The number of aromatic nitrogens is 1. The van der Waals surface area contributed by atoms with E-state index in [1.165, 1.54) is 18.2 Å². The summed E-state index contributed by atoms with van der Waals surface area (Å²) in [5.41, 5.74) is 0.893. The second-order valence-corrected chi connectivity index (χ2v) is 7.05. The largest absolute Gasteiger partial charge is 0.462 e. The number of aliphatic hydroxyl groups is 4. The third-order valence-electron chi connectivity index (χ3n) is 5.06. The summed E-state index contributed by atoms with van der Waals surface area (Å²) in [6, 6.07) is 9.74. The highest BCUT2D eigenvalue weighted by Crippen LogP contribution is 2.28. The SMILES string of the molecule is Cc1oc2cc(O[C@@H]3O[C@@H](CO)[C@@H](O)[C@@H](O)[C@H]3O)ccc2c(=O)c1-c1ccccn1. The van der Waals surface area contributed by atoms with Crippen LogP contribution in [-0.4, -0.2) is 62.7 Å². The Kier molecular flexibility index (Phi) is 5.54. The molecule has 9 nitrogen and oxygen atoms in total. The molecule has 1 aliphatic heterocycles. The number of rotatable bonds is 4. The summed E-state index contributed by atoms with van der Waals surface area (Å²) in [5.74, 6) is 0.594. The molecule has 0 spiro atoms. The van der Waals surface area contributed by atoms with E-state index in [1.807, 2.05) is 0 Å². The maximum Gasteiger partial charge on any atom is 0.229 e. The fraction of sp³-hybridized carbons (Fsp3) is 0.333. The molecular formula is C21H21NO8. The second kappa shape index (κ2) is 8.13. The monoisotopic (exact) mass is 415 g/mol. The second-order valence-electron chi connectivity index (χ2n) is 7.05. The van der Waals surface area contributed by atoms with Crippen LogP contribution in [0, 0.1) is 6.92 Å². The molecule has 4 N–H and O–H groups in total. The van der Waals surface area contributed by atoms with E-state index < -0.39 is 37.3 Å². The number of aryl methyl sites for hydroxylation is 1. The topological polar surface area (TPSA) is 142 Å². The Morgan fingerprint density at radius 1 is 1.10 bits per heavy atom. The van der Waals surface area contributed by atoms with Crippen LogP contribution in [0.15, 0.2) is 51.8 Å². The maximum atomic E-state index is 13.0. The molecule has 0 bridgehead atoms. The van der Waals surface area contributed by atoms with E-state index in [0.717, 1.165) is 0 Å². The van der Waals surface area contributed by atoms with E-state index in [0.29, 0.717) is 22.4 Å². The number of hydrogen-bond acceptors (Lipinski definition) is 9. The average molecular weight is 415 g/mol. The van der Waals surface area contributed by atoms with Crippen molar-refractivity contribution in [2.24, 2.45) is 0 Å². The molecule has 0 aliphatic carbocycles. The van der Waals surface area contributed by atoms with Gasteiger partial charge in [-0.2, -0.15) is 0 Å². The number of hydrogen-bond donors (Lipinski definition) is 4. The number of pyridine rings is 1. The Bertz CT molecular complexity index is 1100. The van der Waals surface area contributed by atoms with Gasteiger partial charge in [0.15, 0.2) is 0 Å². The van der Waals surface area contributed by atoms with Gasteiger partial charge in [-0.25, -0.2) is 0 Å². The first-order valence-corrected chi connectivity index (χ1v) is 9.36. The number of aliphatic hydroxyl groups excluding tert-OH is 4. The smallest absolute Gasteiger partial charge is 0.229 e. The van der Waals surface area contributed by atoms with Crippen LogP contribution in [0.5, 0.6) is 5.75 Å². The van der Waals surface area contributed by atoms with Gasteiger partial charge in [0.1, 0.15) is 41.5 Å². The van der Waals surface area contributed by atoms with Crippen LogP contribution in [0.3, 0.4) is 0 Å². The summed E-state index contributed by atoms with van der Waals surface area (Å²) in [6.45, 7) is 1.10. The van der Waals surface area contributed by atoms with E-state index >= 15 is 0 Å². The van der Waals surface area contributed by atoms with Crippen molar-refractivity contribution >= 4 is 11.0 Å². The third kappa shape index (κ3) is 3.57. The molecule has 3 heterocycles. The molecule has 1 fully saturated rings. The highest BCUT2D eigenvalue weighted by molar-refractivity contribution is 5.83. The zero-order valence-corrected chi connectivity index (χ0v) is 16.0. The Balaban J connectivity index is 1.67. The zero-order chi connectivity index (χ0) is 21.4. The van der Waals surface area contributed by atoms with Gasteiger partial charge >= 0.3 is 0 Å². The Hall–Kier alpha value is -2.82. The Morgan fingerprint density at radius 2 is 1.90 bits per heavy atom. The molecule has 1 aromatic carbocycles. The molecule has 0 saturated carbocycles. The molecule has 1 saturated heterocycles. The van der Waals surface area contributed by atoms with Gasteiger partial charge in [0.05, 0.1) is 23.3 Å². The summed E-state index contributed by atoms with van der Waals surface area (Å²) < 4.78 is 16.7. The lowest BCUT2D eigenvalue weighted by Crippen LogP contribution is -2.60. The van der Waals surface area contributed by atoms with E-state index in [4.69, 9.17) is 13.9 Å². The lowest BCUT2D eigenvalue weighted by molar-refractivity contribution is -0.277. The third-order valence-corrected chi connectivity index (χ3v) is 5.06. The quantitative estimate of drug-likeness (QED) is 0.474. The van der Waals surface area contributed by atoms with Crippen molar-refractivity contribution in [1.82, 2.24) is 4.98 Å². The molecule has 2 aromatic heterocycles. The first-order chi connectivity index (χ1) is 14.4. The lowest BCUT2D eigenvalue weighted by Gasteiger charge is -2.39. The van der Waals surface area contributed by atoms with Gasteiger partial charge in [-0.1, -0.05) is 6.07 Å². The molecule has 30 heavy (non-hydrogen) atoms. The van der Waals surface area contributed by atoms with Crippen molar-refractivity contribution in [2.45, 2.75) is 37.6 Å². The normalized spacial score (nSPS) is 26.6. The highest BCUT2D eigenvalue weighted by Gasteiger charge is 2.44. The summed E-state index contributed by atoms with van der Waals surface area (Å²) in [6.07, 6.45) is -5.41. The molecule has 3 aromatic rings. The molecule has 0 unspecified atom stereocenters. The molecule has 0 radical (unpaired) electrons. The fourth-order valence-corrected chi connectivity index (χ4v) is 3.46. The summed E-state index contributed by atoms with van der Waals surface area (Å²) in [5, 5.41) is 39.5. The van der Waals surface area contributed by atoms with Crippen LogP contribution in [-0.2, 0) is 4.74 Å². The Morgan fingerprint density at radius 3 is 2.60 bits per heavy atom. The van der Waals surface area contributed by atoms with E-state index in [9.17, 15) is 25.2 Å². The minimum Gasteiger partial charge on any atom is -0.462 e.